The maximum atomic E-state index is 12.7. The molecule has 2 aliphatic carbocycles. The molecule has 0 aromatic heterocycles. The fourth-order valence-corrected chi connectivity index (χ4v) is 4.04. The first-order chi connectivity index (χ1) is 8.62. The Labute approximate surface area is 108 Å². The van der Waals surface area contributed by atoms with Gasteiger partial charge in [-0.3, -0.25) is 9.59 Å². The number of carbonyl (C=O) groups excluding carboxylic acids is 2. The molecule has 3 fully saturated rings. The second-order valence-corrected chi connectivity index (χ2v) is 6.25. The van der Waals surface area contributed by atoms with Crippen LogP contribution in [0.15, 0.2) is 0 Å². The van der Waals surface area contributed by atoms with Crippen LogP contribution < -0.4 is 5.32 Å². The van der Waals surface area contributed by atoms with Gasteiger partial charge in [0, 0.05) is 6.04 Å². The summed E-state index contributed by atoms with van der Waals surface area (Å²) in [7, 11) is 0. The monoisotopic (exact) mass is 250 g/mol. The van der Waals surface area contributed by atoms with E-state index in [1.165, 1.54) is 12.8 Å². The number of rotatable bonds is 1. The Hall–Kier alpha value is -1.06. The van der Waals surface area contributed by atoms with Gasteiger partial charge in [0.15, 0.2) is 0 Å². The van der Waals surface area contributed by atoms with Gasteiger partial charge < -0.3 is 10.2 Å². The first-order valence-corrected chi connectivity index (χ1v) is 7.24. The summed E-state index contributed by atoms with van der Waals surface area (Å²) in [5.74, 6) is 0.771. The van der Waals surface area contributed by atoms with E-state index in [4.69, 9.17) is 0 Å². The van der Waals surface area contributed by atoms with Crippen LogP contribution in [0.2, 0.25) is 0 Å². The van der Waals surface area contributed by atoms with Crippen LogP contribution in [-0.4, -0.2) is 34.8 Å². The van der Waals surface area contributed by atoms with E-state index in [-0.39, 0.29) is 18.4 Å². The van der Waals surface area contributed by atoms with Gasteiger partial charge in [-0.25, -0.2) is 0 Å². The number of nitrogens with one attached hydrogen (secondary N) is 1. The average Bonchev–Trinajstić information content (AvgIpc) is 2.94. The van der Waals surface area contributed by atoms with Crippen molar-refractivity contribution in [1.29, 1.82) is 0 Å². The van der Waals surface area contributed by atoms with Crippen LogP contribution in [0.25, 0.3) is 0 Å². The number of hydrogen-bond acceptors (Lipinski definition) is 2. The lowest BCUT2D eigenvalue weighted by Crippen LogP contribution is -2.67. The lowest BCUT2D eigenvalue weighted by molar-refractivity contribution is -0.152. The van der Waals surface area contributed by atoms with Crippen LogP contribution in [0.3, 0.4) is 0 Å². The summed E-state index contributed by atoms with van der Waals surface area (Å²) in [5, 5.41) is 2.98. The maximum absolute atomic E-state index is 12.7. The molecule has 1 N–H and O–H groups in total. The fraction of sp³-hybridized carbons (Fsp3) is 0.857. The molecule has 2 atom stereocenters. The Bertz CT molecular complexity index is 374. The summed E-state index contributed by atoms with van der Waals surface area (Å²) in [5.41, 5.74) is -0.544. The molecule has 2 saturated carbocycles. The average molecular weight is 250 g/mol. The van der Waals surface area contributed by atoms with Gasteiger partial charge in [0.1, 0.15) is 5.54 Å². The molecule has 4 heteroatoms. The number of hydrogen-bond donors (Lipinski definition) is 1. The first kappa shape index (κ1) is 12.0. The quantitative estimate of drug-likeness (QED) is 0.765. The zero-order valence-electron chi connectivity index (χ0n) is 11.1. The van der Waals surface area contributed by atoms with Crippen LogP contribution in [0.5, 0.6) is 0 Å². The summed E-state index contributed by atoms with van der Waals surface area (Å²) < 4.78 is 0. The van der Waals surface area contributed by atoms with Gasteiger partial charge in [-0.1, -0.05) is 26.2 Å². The molecule has 0 aromatic carbocycles. The Kier molecular flexibility index (Phi) is 2.83. The molecule has 2 amide bonds. The molecule has 2 unspecified atom stereocenters. The highest BCUT2D eigenvalue weighted by Gasteiger charge is 2.50. The van der Waals surface area contributed by atoms with Gasteiger partial charge in [0.05, 0.1) is 6.54 Å². The molecule has 0 aromatic rings. The molecular formula is C14H22N2O2. The molecule has 100 valence electrons. The van der Waals surface area contributed by atoms with E-state index in [0.717, 1.165) is 32.1 Å². The van der Waals surface area contributed by atoms with Gasteiger partial charge in [-0.2, -0.15) is 0 Å². The van der Waals surface area contributed by atoms with E-state index < -0.39 is 5.54 Å². The van der Waals surface area contributed by atoms with Crippen LogP contribution in [-0.2, 0) is 9.59 Å². The van der Waals surface area contributed by atoms with Gasteiger partial charge >= 0.3 is 0 Å². The molecule has 0 radical (unpaired) electrons. The lowest BCUT2D eigenvalue weighted by atomic mass is 9.90. The first-order valence-electron chi connectivity index (χ1n) is 7.24. The van der Waals surface area contributed by atoms with E-state index in [9.17, 15) is 9.59 Å². The number of amides is 2. The van der Waals surface area contributed by atoms with Gasteiger partial charge in [0.2, 0.25) is 11.8 Å². The molecule has 1 aliphatic heterocycles. The third-order valence-electron chi connectivity index (χ3n) is 5.04. The number of piperazine rings is 1. The topological polar surface area (TPSA) is 49.4 Å². The Morgan fingerprint density at radius 2 is 1.89 bits per heavy atom. The zero-order chi connectivity index (χ0) is 12.8. The third kappa shape index (κ3) is 1.73. The minimum Gasteiger partial charge on any atom is -0.340 e. The molecule has 0 bridgehead atoms. The Morgan fingerprint density at radius 1 is 1.17 bits per heavy atom. The molecule has 3 aliphatic rings. The van der Waals surface area contributed by atoms with E-state index >= 15 is 0 Å². The molecule has 18 heavy (non-hydrogen) atoms. The predicted molar refractivity (Wildman–Crippen MR) is 67.9 cm³/mol. The Balaban J connectivity index is 1.85. The van der Waals surface area contributed by atoms with Crippen molar-refractivity contribution >= 4 is 11.8 Å². The number of nitrogens with zero attached hydrogens (tertiary/aromatic N) is 1. The summed E-state index contributed by atoms with van der Waals surface area (Å²) in [6.45, 7) is 2.48. The molecular weight excluding hydrogens is 228 g/mol. The van der Waals surface area contributed by atoms with Crippen LogP contribution >= 0.6 is 0 Å². The van der Waals surface area contributed by atoms with E-state index in [0.29, 0.717) is 12.0 Å². The SMILES string of the molecule is CC1CCCC1N1CC(=O)NC2(CCCC2)C1=O. The minimum atomic E-state index is -0.544. The summed E-state index contributed by atoms with van der Waals surface area (Å²) in [4.78, 5) is 26.6. The molecule has 1 spiro atoms. The van der Waals surface area contributed by atoms with Crippen LogP contribution in [0.1, 0.15) is 51.9 Å². The normalized spacial score (nSPS) is 35.3. The highest BCUT2D eigenvalue weighted by Crippen LogP contribution is 2.37. The lowest BCUT2D eigenvalue weighted by Gasteiger charge is -2.43. The van der Waals surface area contributed by atoms with Crippen LogP contribution in [0.4, 0.5) is 0 Å². The molecule has 3 rings (SSSR count). The smallest absolute Gasteiger partial charge is 0.249 e. The summed E-state index contributed by atoms with van der Waals surface area (Å²) in [6, 6.07) is 0.293. The maximum Gasteiger partial charge on any atom is 0.249 e. The van der Waals surface area contributed by atoms with Crippen molar-refractivity contribution in [3.63, 3.8) is 0 Å². The third-order valence-corrected chi connectivity index (χ3v) is 5.04. The van der Waals surface area contributed by atoms with Crippen molar-refractivity contribution in [2.45, 2.75) is 63.5 Å². The van der Waals surface area contributed by atoms with Crippen molar-refractivity contribution in [2.24, 2.45) is 5.92 Å². The highest BCUT2D eigenvalue weighted by atomic mass is 16.2. The summed E-state index contributed by atoms with van der Waals surface area (Å²) >= 11 is 0. The van der Waals surface area contributed by atoms with Gasteiger partial charge in [-0.05, 0) is 31.6 Å². The molecule has 1 saturated heterocycles. The second-order valence-electron chi connectivity index (χ2n) is 6.25. The van der Waals surface area contributed by atoms with Crippen LogP contribution in [0, 0.1) is 5.92 Å². The van der Waals surface area contributed by atoms with E-state index in [1.807, 2.05) is 4.90 Å². The predicted octanol–water partition coefficient (Wildman–Crippen LogP) is 1.45. The highest BCUT2D eigenvalue weighted by molar-refractivity contribution is 5.98. The largest absolute Gasteiger partial charge is 0.340 e. The van der Waals surface area contributed by atoms with Crippen molar-refractivity contribution in [3.05, 3.63) is 0 Å². The Morgan fingerprint density at radius 3 is 2.50 bits per heavy atom. The fourth-order valence-electron chi connectivity index (χ4n) is 4.04. The second kappa shape index (κ2) is 4.25. The standard InChI is InChI=1S/C14H22N2O2/c1-10-5-4-6-11(10)16-9-12(17)15-14(13(16)18)7-2-3-8-14/h10-11H,2-9H2,1H3,(H,15,17). The minimum absolute atomic E-state index is 0.0376. The van der Waals surface area contributed by atoms with E-state index in [2.05, 4.69) is 12.2 Å². The number of carbonyl (C=O) groups is 2. The van der Waals surface area contributed by atoms with Crippen molar-refractivity contribution in [2.75, 3.05) is 6.54 Å². The van der Waals surface area contributed by atoms with Crippen molar-refractivity contribution < 1.29 is 9.59 Å². The zero-order valence-corrected chi connectivity index (χ0v) is 11.1. The summed E-state index contributed by atoms with van der Waals surface area (Å²) in [6.07, 6.45) is 7.20. The molecule has 1 heterocycles. The van der Waals surface area contributed by atoms with E-state index in [1.54, 1.807) is 0 Å². The van der Waals surface area contributed by atoms with Gasteiger partial charge in [-0.15, -0.1) is 0 Å². The van der Waals surface area contributed by atoms with Gasteiger partial charge in [0.25, 0.3) is 0 Å². The molecule has 4 nitrogen and oxygen atoms in total. The van der Waals surface area contributed by atoms with Crippen molar-refractivity contribution in [3.8, 4) is 0 Å². The van der Waals surface area contributed by atoms with Crippen molar-refractivity contribution in [1.82, 2.24) is 10.2 Å².